The smallest absolute Gasteiger partial charge is 0.262 e. The molecule has 1 aromatic rings. The van der Waals surface area contributed by atoms with Gasteiger partial charge in [-0.3, -0.25) is 0 Å². The second-order valence-electron chi connectivity index (χ2n) is 5.24. The van der Waals surface area contributed by atoms with Crippen molar-refractivity contribution >= 4 is 10.0 Å². The topological polar surface area (TPSA) is 75.4 Å². The molecule has 6 nitrogen and oxygen atoms in total. The van der Waals surface area contributed by atoms with E-state index in [0.29, 0.717) is 5.82 Å². The summed E-state index contributed by atoms with van der Waals surface area (Å²) in [5.74, 6) is 0.711. The van der Waals surface area contributed by atoms with Crippen molar-refractivity contribution < 1.29 is 13.5 Å². The molecule has 2 rings (SSSR count). The predicted octanol–water partition coefficient (Wildman–Crippen LogP) is 1.14. The highest BCUT2D eigenvalue weighted by molar-refractivity contribution is 7.89. The normalized spacial score (nSPS) is 16.6. The standard InChI is InChI=1S/C13H23N3O3S/c1-3-7-15-10-13(14-11(15)2)20(18,19)16(8-9-17)12-5-4-6-12/h10,12,17H,3-9H2,1-2H3. The minimum atomic E-state index is -3.60. The van der Waals surface area contributed by atoms with Gasteiger partial charge in [0.15, 0.2) is 5.03 Å². The van der Waals surface area contributed by atoms with Gasteiger partial charge < -0.3 is 9.67 Å². The number of rotatable bonds is 7. The molecule has 0 spiro atoms. The van der Waals surface area contributed by atoms with E-state index in [2.05, 4.69) is 4.98 Å². The van der Waals surface area contributed by atoms with Gasteiger partial charge in [0.25, 0.3) is 10.0 Å². The summed E-state index contributed by atoms with van der Waals surface area (Å²) in [4.78, 5) is 4.20. The Labute approximate surface area is 120 Å². The first kappa shape index (κ1) is 15.5. The molecular weight excluding hydrogens is 278 g/mol. The van der Waals surface area contributed by atoms with Crippen LogP contribution in [0.15, 0.2) is 11.2 Å². The summed E-state index contributed by atoms with van der Waals surface area (Å²) in [6, 6.07) is 0.0174. The summed E-state index contributed by atoms with van der Waals surface area (Å²) in [5, 5.41) is 9.23. The van der Waals surface area contributed by atoms with E-state index in [4.69, 9.17) is 5.11 Å². The number of hydrogen-bond donors (Lipinski definition) is 1. The van der Waals surface area contributed by atoms with Crippen molar-refractivity contribution in [3.63, 3.8) is 0 Å². The molecule has 1 aliphatic carbocycles. The van der Waals surface area contributed by atoms with Crippen LogP contribution in [0.3, 0.4) is 0 Å². The largest absolute Gasteiger partial charge is 0.395 e. The average Bonchev–Trinajstić information content (AvgIpc) is 2.69. The highest BCUT2D eigenvalue weighted by atomic mass is 32.2. The summed E-state index contributed by atoms with van der Waals surface area (Å²) in [6.45, 7) is 4.60. The number of imidazole rings is 1. The maximum Gasteiger partial charge on any atom is 0.262 e. The SMILES string of the molecule is CCCn1cc(S(=O)(=O)N(CCO)C2CCC2)nc1C. The second-order valence-corrected chi connectivity index (χ2v) is 7.08. The van der Waals surface area contributed by atoms with Crippen LogP contribution in [-0.4, -0.2) is 46.6 Å². The number of sulfonamides is 1. The fourth-order valence-corrected chi connectivity index (χ4v) is 4.14. The summed E-state index contributed by atoms with van der Waals surface area (Å²) < 4.78 is 28.6. The second kappa shape index (κ2) is 6.24. The van der Waals surface area contributed by atoms with Crippen LogP contribution in [-0.2, 0) is 16.6 Å². The van der Waals surface area contributed by atoms with Crippen LogP contribution in [0.1, 0.15) is 38.4 Å². The van der Waals surface area contributed by atoms with E-state index in [-0.39, 0.29) is 24.2 Å². The lowest BCUT2D eigenvalue weighted by molar-refractivity contribution is 0.178. The highest BCUT2D eigenvalue weighted by Crippen LogP contribution is 2.29. The van der Waals surface area contributed by atoms with Gasteiger partial charge in [0.1, 0.15) is 5.82 Å². The molecule has 114 valence electrons. The van der Waals surface area contributed by atoms with E-state index in [0.717, 1.165) is 32.2 Å². The molecule has 1 aliphatic rings. The summed E-state index contributed by atoms with van der Waals surface area (Å²) in [5.41, 5.74) is 0. The number of hydrogen-bond acceptors (Lipinski definition) is 4. The molecule has 0 bridgehead atoms. The third-order valence-corrected chi connectivity index (χ3v) is 5.62. The summed E-state index contributed by atoms with van der Waals surface area (Å²) in [7, 11) is -3.60. The molecule has 0 amide bonds. The monoisotopic (exact) mass is 301 g/mol. The molecule has 0 saturated heterocycles. The fourth-order valence-electron chi connectivity index (χ4n) is 2.46. The molecule has 1 N–H and O–H groups in total. The van der Waals surface area contributed by atoms with Crippen molar-refractivity contribution in [3.05, 3.63) is 12.0 Å². The quantitative estimate of drug-likeness (QED) is 0.819. The van der Waals surface area contributed by atoms with Crippen LogP contribution >= 0.6 is 0 Å². The van der Waals surface area contributed by atoms with Crippen molar-refractivity contribution in [2.24, 2.45) is 0 Å². The maximum absolute atomic E-state index is 12.7. The molecule has 0 radical (unpaired) electrons. The number of aliphatic hydroxyl groups excluding tert-OH is 1. The molecule has 0 aliphatic heterocycles. The van der Waals surface area contributed by atoms with Crippen LogP contribution in [0.25, 0.3) is 0 Å². The summed E-state index contributed by atoms with van der Waals surface area (Å²) >= 11 is 0. The molecule has 1 aromatic heterocycles. The third-order valence-electron chi connectivity index (χ3n) is 3.79. The number of aliphatic hydroxyl groups is 1. The van der Waals surface area contributed by atoms with Gasteiger partial charge in [-0.15, -0.1) is 0 Å². The Morgan fingerprint density at radius 2 is 2.20 bits per heavy atom. The van der Waals surface area contributed by atoms with Crippen LogP contribution in [0.4, 0.5) is 0 Å². The molecule has 1 heterocycles. The number of nitrogens with zero attached hydrogens (tertiary/aromatic N) is 3. The van der Waals surface area contributed by atoms with E-state index in [1.54, 1.807) is 6.20 Å². The van der Waals surface area contributed by atoms with Crippen molar-refractivity contribution in [2.45, 2.75) is 57.1 Å². The lowest BCUT2D eigenvalue weighted by Gasteiger charge is -2.35. The first-order valence-corrected chi connectivity index (χ1v) is 8.61. The Bertz CT molecular complexity index is 549. The fraction of sp³-hybridized carbons (Fsp3) is 0.769. The van der Waals surface area contributed by atoms with Crippen LogP contribution in [0, 0.1) is 6.92 Å². The lowest BCUT2D eigenvalue weighted by Crippen LogP contribution is -2.45. The first-order chi connectivity index (χ1) is 9.50. The van der Waals surface area contributed by atoms with Crippen molar-refractivity contribution in [3.8, 4) is 0 Å². The Morgan fingerprint density at radius 1 is 1.50 bits per heavy atom. The Morgan fingerprint density at radius 3 is 2.70 bits per heavy atom. The molecule has 7 heteroatoms. The van der Waals surface area contributed by atoms with Crippen LogP contribution < -0.4 is 0 Å². The molecule has 1 fully saturated rings. The Hall–Kier alpha value is -0.920. The van der Waals surface area contributed by atoms with Crippen molar-refractivity contribution in [2.75, 3.05) is 13.2 Å². The Balaban J connectivity index is 2.29. The van der Waals surface area contributed by atoms with E-state index >= 15 is 0 Å². The number of aromatic nitrogens is 2. The Kier molecular flexibility index (Phi) is 4.82. The van der Waals surface area contributed by atoms with Gasteiger partial charge in [-0.1, -0.05) is 13.3 Å². The highest BCUT2D eigenvalue weighted by Gasteiger charge is 2.36. The summed E-state index contributed by atoms with van der Waals surface area (Å²) in [6.07, 6.45) is 5.32. The number of aryl methyl sites for hydroxylation is 2. The first-order valence-electron chi connectivity index (χ1n) is 7.17. The zero-order valence-corrected chi connectivity index (χ0v) is 12.9. The predicted molar refractivity (Wildman–Crippen MR) is 75.9 cm³/mol. The van der Waals surface area contributed by atoms with E-state index in [1.807, 2.05) is 18.4 Å². The van der Waals surface area contributed by atoms with Crippen LogP contribution in [0.5, 0.6) is 0 Å². The zero-order valence-electron chi connectivity index (χ0n) is 12.1. The molecule has 0 atom stereocenters. The minimum Gasteiger partial charge on any atom is -0.395 e. The third kappa shape index (κ3) is 2.89. The lowest BCUT2D eigenvalue weighted by atomic mass is 9.93. The van der Waals surface area contributed by atoms with E-state index in [9.17, 15) is 8.42 Å². The molecule has 20 heavy (non-hydrogen) atoms. The molecular formula is C13H23N3O3S. The van der Waals surface area contributed by atoms with E-state index in [1.165, 1.54) is 4.31 Å². The van der Waals surface area contributed by atoms with Gasteiger partial charge in [0.05, 0.1) is 6.61 Å². The van der Waals surface area contributed by atoms with Crippen molar-refractivity contribution in [1.29, 1.82) is 0 Å². The van der Waals surface area contributed by atoms with Gasteiger partial charge in [0.2, 0.25) is 0 Å². The average molecular weight is 301 g/mol. The molecule has 0 unspecified atom stereocenters. The molecule has 1 saturated carbocycles. The van der Waals surface area contributed by atoms with E-state index < -0.39 is 10.0 Å². The van der Waals surface area contributed by atoms with Gasteiger partial charge >= 0.3 is 0 Å². The van der Waals surface area contributed by atoms with Crippen molar-refractivity contribution in [1.82, 2.24) is 13.9 Å². The van der Waals surface area contributed by atoms with Gasteiger partial charge in [-0.05, 0) is 26.2 Å². The van der Waals surface area contributed by atoms with Gasteiger partial charge in [0, 0.05) is 25.3 Å². The zero-order chi connectivity index (χ0) is 14.8. The van der Waals surface area contributed by atoms with Crippen LogP contribution in [0.2, 0.25) is 0 Å². The minimum absolute atomic E-state index is 0.0174. The van der Waals surface area contributed by atoms with Gasteiger partial charge in [-0.25, -0.2) is 13.4 Å². The maximum atomic E-state index is 12.7. The molecule has 0 aromatic carbocycles. The van der Waals surface area contributed by atoms with Gasteiger partial charge in [-0.2, -0.15) is 4.31 Å².